The van der Waals surface area contributed by atoms with Gasteiger partial charge in [-0.15, -0.1) is 0 Å². The van der Waals surface area contributed by atoms with Crippen LogP contribution in [-0.2, 0) is 19.2 Å². The summed E-state index contributed by atoms with van der Waals surface area (Å²) in [6.45, 7) is 3.52. The lowest BCUT2D eigenvalue weighted by atomic mass is 9.86. The van der Waals surface area contributed by atoms with Gasteiger partial charge in [-0.05, 0) is 44.0 Å². The number of hydrogen-bond donors (Lipinski definition) is 1. The van der Waals surface area contributed by atoms with Gasteiger partial charge in [0.05, 0.1) is 19.9 Å². The summed E-state index contributed by atoms with van der Waals surface area (Å²) < 4.78 is 7.10. The molecule has 0 bridgehead atoms. The second kappa shape index (κ2) is 6.75. The van der Waals surface area contributed by atoms with Gasteiger partial charge in [0.1, 0.15) is 22.3 Å². The van der Waals surface area contributed by atoms with Gasteiger partial charge < -0.3 is 14.4 Å². The Labute approximate surface area is 147 Å². The zero-order valence-corrected chi connectivity index (χ0v) is 15.1. The van der Waals surface area contributed by atoms with Crippen LogP contribution in [0.2, 0.25) is 5.15 Å². The molecule has 0 spiro atoms. The molecule has 2 heterocycles. The summed E-state index contributed by atoms with van der Waals surface area (Å²) in [5.74, 6) is 1.71. The Morgan fingerprint density at radius 1 is 1.38 bits per heavy atom. The normalized spacial score (nSPS) is 21.0. The van der Waals surface area contributed by atoms with Crippen LogP contribution < -0.4 is 4.74 Å². The highest BCUT2D eigenvalue weighted by molar-refractivity contribution is 6.29. The first-order chi connectivity index (χ1) is 11.4. The highest BCUT2D eigenvalue weighted by Gasteiger charge is 2.40. The molecule has 2 atom stereocenters. The number of aliphatic hydroxyl groups is 1. The van der Waals surface area contributed by atoms with Crippen molar-refractivity contribution in [2.24, 2.45) is 7.05 Å². The molecule has 0 aliphatic carbocycles. The van der Waals surface area contributed by atoms with Crippen LogP contribution in [0.25, 0.3) is 0 Å². The zero-order chi connectivity index (χ0) is 17.3. The third kappa shape index (κ3) is 3.16. The molecule has 1 saturated heterocycles. The molecule has 0 unspecified atom stereocenters. The van der Waals surface area contributed by atoms with Crippen molar-refractivity contribution in [2.75, 3.05) is 13.7 Å². The van der Waals surface area contributed by atoms with Crippen molar-refractivity contribution in [3.05, 3.63) is 47.0 Å². The van der Waals surface area contributed by atoms with Crippen molar-refractivity contribution in [3.63, 3.8) is 0 Å². The van der Waals surface area contributed by atoms with Crippen molar-refractivity contribution < 1.29 is 9.84 Å². The molecule has 0 radical (unpaired) electrons. The largest absolute Gasteiger partial charge is 0.497 e. The summed E-state index contributed by atoms with van der Waals surface area (Å²) in [6, 6.07) is 7.70. The number of halogens is 1. The summed E-state index contributed by atoms with van der Waals surface area (Å²) in [5.41, 5.74) is -0.0318. The number of methoxy groups -OCH3 is 1. The second-order valence-electron chi connectivity index (χ2n) is 6.56. The molecule has 1 aromatic carbocycles. The molecule has 130 valence electrons. The summed E-state index contributed by atoms with van der Waals surface area (Å²) in [6.07, 6.45) is 3.69. The Bertz CT molecular complexity index is 697. The van der Waals surface area contributed by atoms with Crippen LogP contribution in [0.15, 0.2) is 30.5 Å². The number of likely N-dealkylation sites (tertiary alicyclic amines) is 1. The van der Waals surface area contributed by atoms with Gasteiger partial charge in [-0.3, -0.25) is 4.90 Å². The zero-order valence-electron chi connectivity index (χ0n) is 14.4. The Balaban J connectivity index is 1.81. The Morgan fingerprint density at radius 2 is 2.08 bits per heavy atom. The van der Waals surface area contributed by atoms with Gasteiger partial charge in [-0.1, -0.05) is 23.7 Å². The molecule has 0 amide bonds. The van der Waals surface area contributed by atoms with Crippen molar-refractivity contribution >= 4 is 11.6 Å². The van der Waals surface area contributed by atoms with Crippen LogP contribution in [0.3, 0.4) is 0 Å². The molecular formula is C18H24ClN3O2. The van der Waals surface area contributed by atoms with E-state index in [0.717, 1.165) is 36.5 Å². The molecular weight excluding hydrogens is 326 g/mol. The van der Waals surface area contributed by atoms with Gasteiger partial charge in [0.25, 0.3) is 0 Å². The van der Waals surface area contributed by atoms with E-state index < -0.39 is 5.60 Å². The number of nitrogens with zero attached hydrogens (tertiary/aromatic N) is 3. The monoisotopic (exact) mass is 349 g/mol. The first kappa shape index (κ1) is 17.3. The number of ether oxygens (including phenoxy) is 1. The predicted molar refractivity (Wildman–Crippen MR) is 94.2 cm³/mol. The first-order valence-corrected chi connectivity index (χ1v) is 8.58. The molecule has 2 aromatic rings. The summed E-state index contributed by atoms with van der Waals surface area (Å²) in [7, 11) is 3.56. The Morgan fingerprint density at radius 3 is 2.67 bits per heavy atom. The van der Waals surface area contributed by atoms with E-state index in [1.54, 1.807) is 13.3 Å². The van der Waals surface area contributed by atoms with Gasteiger partial charge in [0, 0.05) is 13.1 Å². The molecule has 1 aliphatic rings. The summed E-state index contributed by atoms with van der Waals surface area (Å²) in [4.78, 5) is 6.68. The highest BCUT2D eigenvalue weighted by atomic mass is 35.5. The topological polar surface area (TPSA) is 50.5 Å². The lowest BCUT2D eigenvalue weighted by molar-refractivity contribution is -0.0263. The Hall–Kier alpha value is -1.56. The molecule has 3 rings (SSSR count). The van der Waals surface area contributed by atoms with Gasteiger partial charge in [-0.2, -0.15) is 0 Å². The minimum Gasteiger partial charge on any atom is -0.497 e. The minimum atomic E-state index is -0.933. The fraction of sp³-hybridized carbons (Fsp3) is 0.500. The van der Waals surface area contributed by atoms with Gasteiger partial charge in [0.15, 0.2) is 0 Å². The molecule has 1 aliphatic heterocycles. The van der Waals surface area contributed by atoms with Crippen LogP contribution in [0.4, 0.5) is 0 Å². The maximum Gasteiger partial charge on any atom is 0.128 e. The average Bonchev–Trinajstić information content (AvgIpc) is 3.17. The van der Waals surface area contributed by atoms with E-state index in [1.165, 1.54) is 0 Å². The van der Waals surface area contributed by atoms with Crippen LogP contribution in [0.1, 0.15) is 31.2 Å². The summed E-state index contributed by atoms with van der Waals surface area (Å²) in [5, 5.41) is 11.9. The lowest BCUT2D eigenvalue weighted by Crippen LogP contribution is -2.45. The van der Waals surface area contributed by atoms with E-state index in [9.17, 15) is 5.11 Å². The van der Waals surface area contributed by atoms with Gasteiger partial charge in [-0.25, -0.2) is 4.98 Å². The number of hydrogen-bond acceptors (Lipinski definition) is 4. The van der Waals surface area contributed by atoms with Crippen molar-refractivity contribution in [1.29, 1.82) is 0 Å². The Kier molecular flexibility index (Phi) is 4.85. The fourth-order valence-electron chi connectivity index (χ4n) is 3.53. The number of aromatic nitrogens is 2. The van der Waals surface area contributed by atoms with Crippen molar-refractivity contribution in [1.82, 2.24) is 14.5 Å². The molecule has 6 heteroatoms. The van der Waals surface area contributed by atoms with E-state index in [1.807, 2.05) is 42.8 Å². The lowest BCUT2D eigenvalue weighted by Gasteiger charge is -2.37. The van der Waals surface area contributed by atoms with Crippen molar-refractivity contribution in [3.8, 4) is 5.75 Å². The molecule has 5 nitrogen and oxygen atoms in total. The first-order valence-electron chi connectivity index (χ1n) is 8.20. The maximum absolute atomic E-state index is 11.2. The highest BCUT2D eigenvalue weighted by Crippen LogP contribution is 2.36. The van der Waals surface area contributed by atoms with E-state index in [0.29, 0.717) is 11.7 Å². The third-order valence-corrected chi connectivity index (χ3v) is 5.41. The van der Waals surface area contributed by atoms with E-state index in [4.69, 9.17) is 16.3 Å². The summed E-state index contributed by atoms with van der Waals surface area (Å²) >= 11 is 6.09. The molecule has 1 fully saturated rings. The molecule has 0 saturated carbocycles. The molecule has 1 aromatic heterocycles. The fourth-order valence-corrected chi connectivity index (χ4v) is 3.67. The number of imidazole rings is 1. The average molecular weight is 350 g/mol. The predicted octanol–water partition coefficient (Wildman–Crippen LogP) is 2.95. The van der Waals surface area contributed by atoms with Crippen molar-refractivity contribution in [2.45, 2.75) is 38.0 Å². The standard InChI is InChI=1S/C18H24ClN3O2/c1-18(23,13-6-8-14(24-3)9-7-13)15-5-4-10-22(15)12-17-20-11-16(19)21(17)2/h6-9,11,15,23H,4-5,10,12H2,1-3H3/t15-,18-/m1/s1. The SMILES string of the molecule is COc1ccc([C@@](C)(O)[C@H]2CCCN2Cc2ncc(Cl)n2C)cc1. The quantitative estimate of drug-likeness (QED) is 0.901. The maximum atomic E-state index is 11.2. The second-order valence-corrected chi connectivity index (χ2v) is 6.95. The smallest absolute Gasteiger partial charge is 0.128 e. The third-order valence-electron chi connectivity index (χ3n) is 5.06. The number of rotatable bonds is 5. The van der Waals surface area contributed by atoms with Crippen LogP contribution in [0.5, 0.6) is 5.75 Å². The van der Waals surface area contributed by atoms with Crippen LogP contribution >= 0.6 is 11.6 Å². The van der Waals surface area contributed by atoms with Crippen LogP contribution in [-0.4, -0.2) is 39.3 Å². The van der Waals surface area contributed by atoms with E-state index in [-0.39, 0.29) is 6.04 Å². The van der Waals surface area contributed by atoms with Gasteiger partial charge in [0.2, 0.25) is 0 Å². The number of benzene rings is 1. The minimum absolute atomic E-state index is 0.0429. The van der Waals surface area contributed by atoms with Gasteiger partial charge >= 0.3 is 0 Å². The molecule has 24 heavy (non-hydrogen) atoms. The van der Waals surface area contributed by atoms with Crippen LogP contribution in [0, 0.1) is 0 Å². The van der Waals surface area contributed by atoms with E-state index >= 15 is 0 Å². The van der Waals surface area contributed by atoms with E-state index in [2.05, 4.69) is 9.88 Å². The molecule has 1 N–H and O–H groups in total.